The molecular weight excluding hydrogens is 462 g/mol. The fraction of sp³-hybridized carbons (Fsp3) is 0.458. The predicted molar refractivity (Wildman–Crippen MR) is 122 cm³/mol. The average molecular weight is 488 g/mol. The summed E-state index contributed by atoms with van der Waals surface area (Å²) in [5.41, 5.74) is 1.86. The standard InChI is InChI=1S/C24H26Cl2F3NO2/c1-13(23(31)32)22(16-3-4-16)17-7-10-20(26)21(11-17)30-12-19(14(2)24(27,28)29)15-5-8-18(25)9-6-15/h5-11,13-14,16,19,22,30H,3-4,12H2,1-2H3,(H,31,32)/t13?,14-,19?,22?/m1/s1. The number of carbonyl (C=O) groups is 1. The number of halogens is 5. The Hall–Kier alpha value is -1.92. The lowest BCUT2D eigenvalue weighted by Crippen LogP contribution is -2.30. The number of anilines is 1. The van der Waals surface area contributed by atoms with Crippen molar-refractivity contribution in [2.24, 2.45) is 17.8 Å². The quantitative estimate of drug-likeness (QED) is 0.382. The zero-order valence-electron chi connectivity index (χ0n) is 17.8. The van der Waals surface area contributed by atoms with E-state index in [-0.39, 0.29) is 12.5 Å². The number of carboxylic acids is 1. The van der Waals surface area contributed by atoms with Crippen LogP contribution in [-0.2, 0) is 4.79 Å². The Kier molecular flexibility index (Phi) is 7.66. The Balaban J connectivity index is 1.86. The molecule has 1 aliphatic carbocycles. The summed E-state index contributed by atoms with van der Waals surface area (Å²) in [6, 6.07) is 11.6. The topological polar surface area (TPSA) is 49.3 Å². The van der Waals surface area contributed by atoms with Gasteiger partial charge in [-0.2, -0.15) is 13.2 Å². The van der Waals surface area contributed by atoms with E-state index in [9.17, 15) is 23.1 Å². The molecule has 4 atom stereocenters. The summed E-state index contributed by atoms with van der Waals surface area (Å²) in [4.78, 5) is 11.6. The lowest BCUT2D eigenvalue weighted by Gasteiger charge is -2.28. The lowest BCUT2D eigenvalue weighted by molar-refractivity contribution is -0.174. The minimum absolute atomic E-state index is 0.00800. The first-order valence-corrected chi connectivity index (χ1v) is 11.3. The first-order chi connectivity index (χ1) is 15.0. The molecule has 0 amide bonds. The predicted octanol–water partition coefficient (Wildman–Crippen LogP) is 7.60. The summed E-state index contributed by atoms with van der Waals surface area (Å²) < 4.78 is 40.7. The molecule has 2 aromatic carbocycles. The Labute approximate surface area is 195 Å². The van der Waals surface area contributed by atoms with E-state index in [1.165, 1.54) is 0 Å². The zero-order valence-corrected chi connectivity index (χ0v) is 19.3. The smallest absolute Gasteiger partial charge is 0.392 e. The van der Waals surface area contributed by atoms with Crippen molar-refractivity contribution in [1.82, 2.24) is 0 Å². The van der Waals surface area contributed by atoms with Crippen molar-refractivity contribution in [2.75, 3.05) is 11.9 Å². The second-order valence-electron chi connectivity index (χ2n) is 8.60. The molecule has 3 rings (SSSR count). The number of aliphatic carboxylic acids is 1. The molecule has 174 valence electrons. The molecule has 1 aliphatic rings. The molecule has 1 saturated carbocycles. The van der Waals surface area contributed by atoms with Gasteiger partial charge in [-0.3, -0.25) is 4.79 Å². The summed E-state index contributed by atoms with van der Waals surface area (Å²) in [5, 5.41) is 13.4. The van der Waals surface area contributed by atoms with Crippen LogP contribution in [0, 0.1) is 17.8 Å². The van der Waals surface area contributed by atoms with Gasteiger partial charge in [0.2, 0.25) is 0 Å². The maximum Gasteiger partial charge on any atom is 0.392 e. The van der Waals surface area contributed by atoms with Crippen molar-refractivity contribution < 1.29 is 23.1 Å². The van der Waals surface area contributed by atoms with E-state index in [2.05, 4.69) is 5.32 Å². The van der Waals surface area contributed by atoms with Gasteiger partial charge in [-0.25, -0.2) is 0 Å². The van der Waals surface area contributed by atoms with Crippen molar-refractivity contribution in [1.29, 1.82) is 0 Å². The molecule has 3 nitrogen and oxygen atoms in total. The van der Waals surface area contributed by atoms with Gasteiger partial charge in [0.05, 0.1) is 22.5 Å². The molecule has 2 N–H and O–H groups in total. The SMILES string of the molecule is CC(C(=O)O)C(c1ccc(Cl)c(NCC(c2ccc(Cl)cc2)[C@@H](C)C(F)(F)F)c1)C1CC1. The highest BCUT2D eigenvalue weighted by molar-refractivity contribution is 6.33. The van der Waals surface area contributed by atoms with E-state index in [0.29, 0.717) is 27.2 Å². The van der Waals surface area contributed by atoms with Crippen LogP contribution in [0.2, 0.25) is 10.0 Å². The second-order valence-corrected chi connectivity index (χ2v) is 9.44. The second kappa shape index (κ2) is 9.92. The van der Waals surface area contributed by atoms with Gasteiger partial charge >= 0.3 is 12.1 Å². The zero-order chi connectivity index (χ0) is 23.6. The van der Waals surface area contributed by atoms with Gasteiger partial charge in [0, 0.05) is 17.5 Å². The summed E-state index contributed by atoms with van der Waals surface area (Å²) in [6.45, 7) is 2.86. The number of hydrogen-bond donors (Lipinski definition) is 2. The maximum absolute atomic E-state index is 13.6. The third kappa shape index (κ3) is 5.90. The molecule has 8 heteroatoms. The maximum atomic E-state index is 13.6. The Bertz CT molecular complexity index is 945. The number of carboxylic acid groups (broad SMARTS) is 1. The summed E-state index contributed by atoms with van der Waals surface area (Å²) >= 11 is 12.2. The fourth-order valence-electron chi connectivity index (χ4n) is 4.21. The van der Waals surface area contributed by atoms with Crippen LogP contribution < -0.4 is 5.32 Å². The van der Waals surface area contributed by atoms with Crippen molar-refractivity contribution in [3.63, 3.8) is 0 Å². The number of benzene rings is 2. The molecule has 0 aromatic heterocycles. The first-order valence-electron chi connectivity index (χ1n) is 10.6. The third-order valence-electron chi connectivity index (χ3n) is 6.36. The Morgan fingerprint density at radius 3 is 2.22 bits per heavy atom. The van der Waals surface area contributed by atoms with Crippen LogP contribution in [0.5, 0.6) is 0 Å². The van der Waals surface area contributed by atoms with E-state index >= 15 is 0 Å². The minimum atomic E-state index is -4.37. The number of alkyl halides is 3. The van der Waals surface area contributed by atoms with Gasteiger partial charge in [-0.15, -0.1) is 0 Å². The first kappa shape index (κ1) is 24.7. The van der Waals surface area contributed by atoms with E-state index in [1.807, 2.05) is 6.07 Å². The minimum Gasteiger partial charge on any atom is -0.481 e. The molecule has 0 bridgehead atoms. The van der Waals surface area contributed by atoms with E-state index in [4.69, 9.17) is 23.2 Å². The largest absolute Gasteiger partial charge is 0.481 e. The Morgan fingerprint density at radius 1 is 1.09 bits per heavy atom. The van der Waals surface area contributed by atoms with E-state index < -0.39 is 29.9 Å². The van der Waals surface area contributed by atoms with Crippen LogP contribution in [0.25, 0.3) is 0 Å². The number of hydrogen-bond acceptors (Lipinski definition) is 2. The van der Waals surface area contributed by atoms with Gasteiger partial charge in [-0.1, -0.05) is 55.2 Å². The van der Waals surface area contributed by atoms with Gasteiger partial charge in [0.25, 0.3) is 0 Å². The van der Waals surface area contributed by atoms with Crippen molar-refractivity contribution >= 4 is 34.9 Å². The number of rotatable bonds is 9. The van der Waals surface area contributed by atoms with Gasteiger partial charge in [0.1, 0.15) is 0 Å². The van der Waals surface area contributed by atoms with Crippen LogP contribution in [0.15, 0.2) is 42.5 Å². The monoisotopic (exact) mass is 487 g/mol. The van der Waals surface area contributed by atoms with Crippen LogP contribution in [0.3, 0.4) is 0 Å². The summed E-state index contributed by atoms with van der Waals surface area (Å²) in [6.07, 6.45) is -2.43. The molecule has 0 spiro atoms. The van der Waals surface area contributed by atoms with Gasteiger partial charge in [0.15, 0.2) is 0 Å². The van der Waals surface area contributed by atoms with Crippen LogP contribution >= 0.6 is 23.2 Å². The fourth-order valence-corrected chi connectivity index (χ4v) is 4.52. The molecule has 0 heterocycles. The van der Waals surface area contributed by atoms with Crippen LogP contribution in [0.1, 0.15) is 49.7 Å². The molecule has 3 unspecified atom stereocenters. The molecule has 2 aromatic rings. The van der Waals surface area contributed by atoms with Crippen molar-refractivity contribution in [2.45, 2.75) is 44.7 Å². The molecule has 0 aliphatic heterocycles. The van der Waals surface area contributed by atoms with E-state index in [1.54, 1.807) is 43.3 Å². The van der Waals surface area contributed by atoms with Gasteiger partial charge < -0.3 is 10.4 Å². The molecule has 0 radical (unpaired) electrons. The number of nitrogens with one attached hydrogen (secondary N) is 1. The normalized spacial score (nSPS) is 18.0. The Morgan fingerprint density at radius 2 is 1.69 bits per heavy atom. The lowest BCUT2D eigenvalue weighted by atomic mass is 9.83. The molecular formula is C24H26Cl2F3NO2. The third-order valence-corrected chi connectivity index (χ3v) is 6.95. The average Bonchev–Trinajstić information content (AvgIpc) is 3.55. The summed E-state index contributed by atoms with van der Waals surface area (Å²) in [5.74, 6) is -3.75. The highest BCUT2D eigenvalue weighted by Gasteiger charge is 2.42. The van der Waals surface area contributed by atoms with Crippen molar-refractivity contribution in [3.8, 4) is 0 Å². The molecule has 1 fully saturated rings. The molecule has 32 heavy (non-hydrogen) atoms. The summed E-state index contributed by atoms with van der Waals surface area (Å²) in [7, 11) is 0. The molecule has 0 saturated heterocycles. The highest BCUT2D eigenvalue weighted by atomic mass is 35.5. The van der Waals surface area contributed by atoms with E-state index in [0.717, 1.165) is 25.3 Å². The highest BCUT2D eigenvalue weighted by Crippen LogP contribution is 2.47. The van der Waals surface area contributed by atoms with Crippen LogP contribution in [-0.4, -0.2) is 23.8 Å². The van der Waals surface area contributed by atoms with Crippen molar-refractivity contribution in [3.05, 3.63) is 63.6 Å². The van der Waals surface area contributed by atoms with Gasteiger partial charge in [-0.05, 0) is 60.1 Å². The van der Waals surface area contributed by atoms with Crippen LogP contribution in [0.4, 0.5) is 18.9 Å².